The van der Waals surface area contributed by atoms with Gasteiger partial charge in [-0.2, -0.15) is 4.98 Å². The molecule has 0 bridgehead atoms. The molecule has 0 atom stereocenters. The highest BCUT2D eigenvalue weighted by molar-refractivity contribution is 5.55. The van der Waals surface area contributed by atoms with Gasteiger partial charge in [0.05, 0.1) is 25.2 Å². The Labute approximate surface area is 119 Å². The van der Waals surface area contributed by atoms with Crippen LogP contribution in [0.4, 0.5) is 11.5 Å². The molecule has 0 spiro atoms. The van der Waals surface area contributed by atoms with E-state index in [0.29, 0.717) is 0 Å². The molecule has 2 N–H and O–H groups in total. The van der Waals surface area contributed by atoms with E-state index < -0.39 is 4.92 Å². The fourth-order valence-corrected chi connectivity index (χ4v) is 1.59. The van der Waals surface area contributed by atoms with Crippen LogP contribution < -0.4 is 19.9 Å². The van der Waals surface area contributed by atoms with Gasteiger partial charge in [-0.05, 0) is 6.07 Å². The largest absolute Gasteiger partial charge is 0.493 e. The fraction of sp³-hybridized carbons (Fsp3) is 0.167. The summed E-state index contributed by atoms with van der Waals surface area (Å²) in [4.78, 5) is 17.9. The molecule has 21 heavy (non-hydrogen) atoms. The summed E-state index contributed by atoms with van der Waals surface area (Å²) >= 11 is 0. The Bertz CT molecular complexity index is 677. The molecule has 0 aliphatic rings. The fourth-order valence-electron chi connectivity index (χ4n) is 1.59. The molecule has 9 nitrogen and oxygen atoms in total. The lowest BCUT2D eigenvalue weighted by atomic mass is 10.3. The lowest BCUT2D eigenvalue weighted by Crippen LogP contribution is -2.01. The summed E-state index contributed by atoms with van der Waals surface area (Å²) in [6.07, 6.45) is 1.21. The molecule has 1 heterocycles. The van der Waals surface area contributed by atoms with Gasteiger partial charge in [-0.15, -0.1) is 0 Å². The summed E-state index contributed by atoms with van der Waals surface area (Å²) in [5.74, 6) is 0.779. The van der Waals surface area contributed by atoms with Gasteiger partial charge >= 0.3 is 0 Å². The van der Waals surface area contributed by atoms with Crippen LogP contribution in [0.3, 0.4) is 0 Å². The minimum Gasteiger partial charge on any atom is -0.493 e. The molecule has 0 radical (unpaired) electrons. The molecule has 2 rings (SSSR count). The highest BCUT2D eigenvalue weighted by atomic mass is 16.6. The van der Waals surface area contributed by atoms with Gasteiger partial charge in [0.25, 0.3) is 11.6 Å². The number of nitrogens with two attached hydrogens (primary N) is 1. The number of nitrogens with zero attached hydrogens (tertiary/aromatic N) is 3. The summed E-state index contributed by atoms with van der Waals surface area (Å²) in [6.45, 7) is 0. The van der Waals surface area contributed by atoms with Crippen LogP contribution in [0.2, 0.25) is 0 Å². The monoisotopic (exact) mass is 292 g/mol. The number of ether oxygens (including phenoxy) is 3. The van der Waals surface area contributed by atoms with Crippen molar-refractivity contribution < 1.29 is 19.1 Å². The van der Waals surface area contributed by atoms with Gasteiger partial charge in [0.1, 0.15) is 6.33 Å². The molecule has 2 aromatic rings. The maximum absolute atomic E-state index is 10.7. The number of aromatic nitrogens is 2. The lowest BCUT2D eigenvalue weighted by molar-refractivity contribution is -0.384. The van der Waals surface area contributed by atoms with Crippen molar-refractivity contribution in [1.29, 1.82) is 0 Å². The van der Waals surface area contributed by atoms with Crippen molar-refractivity contribution in [2.24, 2.45) is 0 Å². The van der Waals surface area contributed by atoms with E-state index in [4.69, 9.17) is 19.9 Å². The van der Waals surface area contributed by atoms with Gasteiger partial charge in [-0.1, -0.05) is 0 Å². The first kappa shape index (κ1) is 14.3. The SMILES string of the molecule is COc1cc([N+](=O)[O-])ccc1Oc1ncnc(N)c1OC. The number of nitrogen functional groups attached to an aromatic ring is 1. The van der Waals surface area contributed by atoms with Crippen molar-refractivity contribution >= 4 is 11.5 Å². The third-order valence-electron chi connectivity index (χ3n) is 2.57. The summed E-state index contributed by atoms with van der Waals surface area (Å²) in [6, 6.07) is 3.93. The number of anilines is 1. The molecule has 0 unspecified atom stereocenters. The Kier molecular flexibility index (Phi) is 4.02. The minimum atomic E-state index is -0.532. The molecular formula is C12H12N4O5. The van der Waals surface area contributed by atoms with Crippen LogP contribution in [0.25, 0.3) is 0 Å². The molecule has 0 aliphatic heterocycles. The number of hydrogen-bond donors (Lipinski definition) is 1. The van der Waals surface area contributed by atoms with E-state index >= 15 is 0 Å². The normalized spacial score (nSPS) is 10.0. The van der Waals surface area contributed by atoms with Crippen LogP contribution >= 0.6 is 0 Å². The lowest BCUT2D eigenvalue weighted by Gasteiger charge is -2.12. The third-order valence-corrected chi connectivity index (χ3v) is 2.57. The second-order valence-corrected chi connectivity index (χ2v) is 3.79. The number of hydrogen-bond acceptors (Lipinski definition) is 8. The van der Waals surface area contributed by atoms with Crippen LogP contribution in [0.5, 0.6) is 23.1 Å². The number of nitro groups is 1. The summed E-state index contributed by atoms with van der Waals surface area (Å²) in [7, 11) is 2.77. The van der Waals surface area contributed by atoms with E-state index in [1.165, 1.54) is 38.7 Å². The van der Waals surface area contributed by atoms with Crippen molar-refractivity contribution in [2.45, 2.75) is 0 Å². The third kappa shape index (κ3) is 2.91. The molecule has 0 saturated heterocycles. The smallest absolute Gasteiger partial charge is 0.273 e. The Morgan fingerprint density at radius 2 is 1.95 bits per heavy atom. The predicted octanol–water partition coefficient (Wildman–Crippen LogP) is 1.78. The van der Waals surface area contributed by atoms with Crippen LogP contribution in [0.15, 0.2) is 24.5 Å². The molecule has 0 aliphatic carbocycles. The van der Waals surface area contributed by atoms with Crippen molar-refractivity contribution in [2.75, 3.05) is 20.0 Å². The van der Waals surface area contributed by atoms with Gasteiger partial charge in [-0.25, -0.2) is 4.98 Å². The van der Waals surface area contributed by atoms with Gasteiger partial charge in [0.15, 0.2) is 17.3 Å². The van der Waals surface area contributed by atoms with Crippen molar-refractivity contribution in [3.8, 4) is 23.1 Å². The maximum atomic E-state index is 10.7. The molecule has 1 aromatic heterocycles. The number of rotatable bonds is 5. The second-order valence-electron chi connectivity index (χ2n) is 3.79. The van der Waals surface area contributed by atoms with E-state index in [2.05, 4.69) is 9.97 Å². The van der Waals surface area contributed by atoms with Gasteiger partial charge in [0, 0.05) is 6.07 Å². The van der Waals surface area contributed by atoms with E-state index in [0.717, 1.165) is 0 Å². The van der Waals surface area contributed by atoms with Gasteiger partial charge in [0.2, 0.25) is 5.75 Å². The quantitative estimate of drug-likeness (QED) is 0.653. The van der Waals surface area contributed by atoms with E-state index in [-0.39, 0.29) is 34.6 Å². The van der Waals surface area contributed by atoms with Crippen LogP contribution in [0.1, 0.15) is 0 Å². The van der Waals surface area contributed by atoms with Crippen LogP contribution in [0, 0.1) is 10.1 Å². The zero-order chi connectivity index (χ0) is 15.4. The first-order chi connectivity index (χ1) is 10.1. The van der Waals surface area contributed by atoms with E-state index in [1.807, 2.05) is 0 Å². The summed E-state index contributed by atoms with van der Waals surface area (Å²) < 4.78 is 15.7. The first-order valence-corrected chi connectivity index (χ1v) is 5.71. The Hall–Kier alpha value is -3.10. The average Bonchev–Trinajstić information content (AvgIpc) is 2.47. The molecule has 9 heteroatoms. The predicted molar refractivity (Wildman–Crippen MR) is 72.7 cm³/mol. The summed E-state index contributed by atoms with van der Waals surface area (Å²) in [5, 5.41) is 10.7. The summed E-state index contributed by atoms with van der Waals surface area (Å²) in [5.41, 5.74) is 5.53. The zero-order valence-electron chi connectivity index (χ0n) is 11.3. The topological polar surface area (TPSA) is 123 Å². The van der Waals surface area contributed by atoms with Crippen molar-refractivity contribution in [1.82, 2.24) is 9.97 Å². The molecule has 1 aromatic carbocycles. The van der Waals surface area contributed by atoms with Crippen LogP contribution in [-0.4, -0.2) is 29.1 Å². The first-order valence-electron chi connectivity index (χ1n) is 5.71. The number of nitro benzene ring substituents is 1. The Balaban J connectivity index is 2.40. The molecular weight excluding hydrogens is 280 g/mol. The van der Waals surface area contributed by atoms with Gasteiger partial charge < -0.3 is 19.9 Å². The van der Waals surface area contributed by atoms with Crippen molar-refractivity contribution in [3.05, 3.63) is 34.6 Å². The van der Waals surface area contributed by atoms with Crippen LogP contribution in [-0.2, 0) is 0 Å². The molecule has 0 fully saturated rings. The standard InChI is InChI=1S/C12H12N4O5/c1-19-9-5-7(16(17)18)3-4-8(9)21-12-10(20-2)11(13)14-6-15-12/h3-6H,1-2H3,(H2,13,14,15). The molecule has 110 valence electrons. The zero-order valence-corrected chi connectivity index (χ0v) is 11.3. The highest BCUT2D eigenvalue weighted by Gasteiger charge is 2.17. The molecule has 0 saturated carbocycles. The molecule has 0 amide bonds. The van der Waals surface area contributed by atoms with Crippen molar-refractivity contribution in [3.63, 3.8) is 0 Å². The van der Waals surface area contributed by atoms with E-state index in [9.17, 15) is 10.1 Å². The highest BCUT2D eigenvalue weighted by Crippen LogP contribution is 2.38. The Morgan fingerprint density at radius 3 is 2.57 bits per heavy atom. The van der Waals surface area contributed by atoms with Gasteiger partial charge in [-0.3, -0.25) is 10.1 Å². The second kappa shape index (κ2) is 5.90. The maximum Gasteiger partial charge on any atom is 0.273 e. The average molecular weight is 292 g/mol. The number of benzene rings is 1. The van der Waals surface area contributed by atoms with E-state index in [1.54, 1.807) is 0 Å². The number of methoxy groups -OCH3 is 2. The number of non-ortho nitro benzene ring substituents is 1. The minimum absolute atomic E-state index is 0.0807. The Morgan fingerprint density at radius 1 is 1.19 bits per heavy atom.